The summed E-state index contributed by atoms with van der Waals surface area (Å²) in [4.78, 5) is 27.2. The van der Waals surface area contributed by atoms with Gasteiger partial charge in [-0.1, -0.05) is 12.6 Å². The Bertz CT molecular complexity index is 771. The number of hydrogen-bond donors (Lipinski definition) is 0. The first-order valence-electron chi connectivity index (χ1n) is 7.69. The van der Waals surface area contributed by atoms with Crippen molar-refractivity contribution in [1.29, 1.82) is 0 Å². The lowest BCUT2D eigenvalue weighted by molar-refractivity contribution is -0.137. The second kappa shape index (κ2) is 7.17. The number of carbonyl (C=O) groups excluding carboxylic acids is 2. The lowest BCUT2D eigenvalue weighted by atomic mass is 10.0. The third-order valence-electron chi connectivity index (χ3n) is 4.18. The first kappa shape index (κ1) is 18.2. The number of hydrogen-bond acceptors (Lipinski definition) is 4. The molecule has 0 saturated carbocycles. The molecule has 130 valence electrons. The molecule has 0 N–H and O–H groups in total. The summed E-state index contributed by atoms with van der Waals surface area (Å²) in [6.45, 7) is 4.48. The summed E-state index contributed by atoms with van der Waals surface area (Å²) >= 11 is 0. The third kappa shape index (κ3) is 4.23. The lowest BCUT2D eigenvalue weighted by Crippen LogP contribution is -2.41. The highest BCUT2D eigenvalue weighted by molar-refractivity contribution is 7.90. The van der Waals surface area contributed by atoms with E-state index in [1.54, 1.807) is 24.1 Å². The maximum atomic E-state index is 12.4. The molecule has 0 atom stereocenters. The predicted molar refractivity (Wildman–Crippen MR) is 91.4 cm³/mol. The third-order valence-corrected chi connectivity index (χ3v) is 5.29. The molecule has 1 aromatic rings. The van der Waals surface area contributed by atoms with Crippen molar-refractivity contribution in [3.8, 4) is 0 Å². The molecule has 2 rings (SSSR count). The van der Waals surface area contributed by atoms with Crippen LogP contribution in [0.1, 0.15) is 11.1 Å². The van der Waals surface area contributed by atoms with E-state index < -0.39 is 9.84 Å². The van der Waals surface area contributed by atoms with Crippen molar-refractivity contribution in [3.63, 3.8) is 0 Å². The van der Waals surface area contributed by atoms with Crippen LogP contribution >= 0.6 is 0 Å². The molecule has 0 saturated heterocycles. The molecule has 0 bridgehead atoms. The molecule has 0 aromatic heterocycles. The topological polar surface area (TPSA) is 74.8 Å². The summed E-state index contributed by atoms with van der Waals surface area (Å²) in [5.74, 6) is -0.414. The van der Waals surface area contributed by atoms with Crippen molar-refractivity contribution in [3.05, 3.63) is 42.0 Å². The van der Waals surface area contributed by atoms with Gasteiger partial charge < -0.3 is 9.80 Å². The number of nitrogens with zero attached hydrogens (tertiary/aromatic N) is 2. The van der Waals surface area contributed by atoms with E-state index in [1.807, 2.05) is 6.07 Å². The summed E-state index contributed by atoms with van der Waals surface area (Å²) in [7, 11) is -1.68. The highest BCUT2D eigenvalue weighted by Gasteiger charge is 2.21. The minimum absolute atomic E-state index is 0.00971. The Morgan fingerprint density at radius 2 is 1.88 bits per heavy atom. The van der Waals surface area contributed by atoms with Crippen LogP contribution in [0.5, 0.6) is 0 Å². The summed E-state index contributed by atoms with van der Waals surface area (Å²) in [5, 5.41) is 0. The average Bonchev–Trinajstić information content (AvgIpc) is 2.74. The van der Waals surface area contributed by atoms with Gasteiger partial charge in [-0.25, -0.2) is 8.42 Å². The van der Waals surface area contributed by atoms with E-state index in [-0.39, 0.29) is 18.4 Å². The molecule has 1 aliphatic rings. The first-order chi connectivity index (χ1) is 11.2. The van der Waals surface area contributed by atoms with Gasteiger partial charge in [0.15, 0.2) is 9.84 Å². The molecule has 0 fully saturated rings. The summed E-state index contributed by atoms with van der Waals surface area (Å²) in [5.41, 5.74) is 2.02. The Kier molecular flexibility index (Phi) is 5.43. The average molecular weight is 350 g/mol. The van der Waals surface area contributed by atoms with E-state index in [0.29, 0.717) is 30.8 Å². The van der Waals surface area contributed by atoms with Crippen LogP contribution in [0.3, 0.4) is 0 Å². The minimum Gasteiger partial charge on any atom is -0.340 e. The fourth-order valence-electron chi connectivity index (χ4n) is 2.72. The Labute approximate surface area is 142 Å². The van der Waals surface area contributed by atoms with Crippen LogP contribution in [0.25, 0.3) is 0 Å². The number of likely N-dealkylation sites (N-methyl/N-ethyl adjacent to an activating group) is 1. The fourth-order valence-corrected chi connectivity index (χ4v) is 3.39. The summed E-state index contributed by atoms with van der Waals surface area (Å²) < 4.78 is 23.4. The zero-order valence-electron chi connectivity index (χ0n) is 14.0. The zero-order chi connectivity index (χ0) is 17.9. The quantitative estimate of drug-likeness (QED) is 0.748. The van der Waals surface area contributed by atoms with Crippen molar-refractivity contribution >= 4 is 21.7 Å². The molecule has 1 aliphatic heterocycles. The fraction of sp³-hybridized carbons (Fsp3) is 0.412. The molecule has 1 heterocycles. The second-order valence-corrected chi connectivity index (χ2v) is 8.00. The van der Waals surface area contributed by atoms with E-state index in [4.69, 9.17) is 0 Å². The molecule has 7 heteroatoms. The molecule has 0 spiro atoms. The number of rotatable bonds is 4. The number of amides is 2. The van der Waals surface area contributed by atoms with Gasteiger partial charge in [-0.05, 0) is 42.2 Å². The van der Waals surface area contributed by atoms with Crippen molar-refractivity contribution in [2.45, 2.75) is 17.7 Å². The Balaban J connectivity index is 2.09. The number of sulfone groups is 1. The van der Waals surface area contributed by atoms with Crippen molar-refractivity contribution in [2.24, 2.45) is 0 Å². The smallest absolute Gasteiger partial charge is 0.246 e. The molecule has 1 aromatic carbocycles. The normalized spacial score (nSPS) is 14.5. The molecule has 2 amide bonds. The maximum absolute atomic E-state index is 12.4. The molecular weight excluding hydrogens is 328 g/mol. The Morgan fingerprint density at radius 1 is 1.25 bits per heavy atom. The van der Waals surface area contributed by atoms with E-state index in [1.165, 1.54) is 17.2 Å². The van der Waals surface area contributed by atoms with Crippen molar-refractivity contribution < 1.29 is 18.0 Å². The van der Waals surface area contributed by atoms with E-state index in [2.05, 4.69) is 6.58 Å². The van der Waals surface area contributed by atoms with Gasteiger partial charge in [-0.2, -0.15) is 0 Å². The number of benzene rings is 1. The van der Waals surface area contributed by atoms with Crippen molar-refractivity contribution in [1.82, 2.24) is 9.80 Å². The molecule has 0 radical (unpaired) electrons. The van der Waals surface area contributed by atoms with Gasteiger partial charge in [-0.15, -0.1) is 0 Å². The predicted octanol–water partition coefficient (Wildman–Crippen LogP) is 0.662. The van der Waals surface area contributed by atoms with E-state index >= 15 is 0 Å². The van der Waals surface area contributed by atoms with Crippen LogP contribution in [-0.4, -0.2) is 63.0 Å². The van der Waals surface area contributed by atoms with Crippen LogP contribution in [0.4, 0.5) is 0 Å². The molecule has 24 heavy (non-hydrogen) atoms. The zero-order valence-corrected chi connectivity index (χ0v) is 14.8. The van der Waals surface area contributed by atoms with Gasteiger partial charge in [0, 0.05) is 26.4 Å². The molecule has 0 unspecified atom stereocenters. The minimum atomic E-state index is -3.24. The van der Waals surface area contributed by atoms with Gasteiger partial charge in [0.25, 0.3) is 0 Å². The van der Waals surface area contributed by atoms with Gasteiger partial charge in [0.1, 0.15) is 0 Å². The number of fused-ring (bicyclic) bond motifs is 1. The largest absolute Gasteiger partial charge is 0.340 e. The second-order valence-electron chi connectivity index (χ2n) is 5.98. The summed E-state index contributed by atoms with van der Waals surface area (Å²) in [6.07, 6.45) is 3.64. The Hall–Kier alpha value is -2.15. The number of carbonyl (C=O) groups is 2. The van der Waals surface area contributed by atoms with Crippen LogP contribution in [0.15, 0.2) is 35.7 Å². The maximum Gasteiger partial charge on any atom is 0.246 e. The van der Waals surface area contributed by atoms with Crippen LogP contribution in [-0.2, 0) is 32.3 Å². The van der Waals surface area contributed by atoms with Gasteiger partial charge in [-0.3, -0.25) is 9.59 Å². The standard InChI is InChI=1S/C17H22N2O4S/c1-4-16(20)18(2)12-17(21)19-9-7-13-5-6-15(24(3,22)23)11-14(13)8-10-19/h4-6,11H,1,7-10,12H2,2-3H3. The van der Waals surface area contributed by atoms with Gasteiger partial charge in [0.2, 0.25) is 11.8 Å². The highest BCUT2D eigenvalue weighted by Crippen LogP contribution is 2.20. The van der Waals surface area contributed by atoms with Gasteiger partial charge in [0.05, 0.1) is 11.4 Å². The monoisotopic (exact) mass is 350 g/mol. The molecule has 0 aliphatic carbocycles. The first-order valence-corrected chi connectivity index (χ1v) is 9.58. The van der Waals surface area contributed by atoms with Crippen LogP contribution in [0, 0.1) is 0 Å². The SMILES string of the molecule is C=CC(=O)N(C)CC(=O)N1CCc2ccc(S(C)(=O)=O)cc2CC1. The van der Waals surface area contributed by atoms with E-state index in [0.717, 1.165) is 11.1 Å². The Morgan fingerprint density at radius 3 is 2.46 bits per heavy atom. The van der Waals surface area contributed by atoms with Gasteiger partial charge >= 0.3 is 0 Å². The molecular formula is C17H22N2O4S. The summed E-state index contributed by atoms with van der Waals surface area (Å²) in [6, 6.07) is 5.14. The van der Waals surface area contributed by atoms with Crippen molar-refractivity contribution in [2.75, 3.05) is 32.9 Å². The van der Waals surface area contributed by atoms with E-state index in [9.17, 15) is 18.0 Å². The van der Waals surface area contributed by atoms with Crippen LogP contribution in [0.2, 0.25) is 0 Å². The molecule has 6 nitrogen and oxygen atoms in total. The highest BCUT2D eigenvalue weighted by atomic mass is 32.2. The lowest BCUT2D eigenvalue weighted by Gasteiger charge is -2.23. The van der Waals surface area contributed by atoms with Crippen LogP contribution < -0.4 is 0 Å².